The van der Waals surface area contributed by atoms with Crippen molar-refractivity contribution in [3.05, 3.63) is 101 Å². The van der Waals surface area contributed by atoms with E-state index in [9.17, 15) is 4.79 Å². The Morgan fingerprint density at radius 2 is 1.35 bits per heavy atom. The van der Waals surface area contributed by atoms with Gasteiger partial charge in [0.15, 0.2) is 0 Å². The predicted molar refractivity (Wildman–Crippen MR) is 107 cm³/mol. The minimum Gasteiger partial charge on any atom is -0.268 e. The van der Waals surface area contributed by atoms with Crippen molar-refractivity contribution >= 4 is 21.8 Å². The minimum atomic E-state index is -0.106. The van der Waals surface area contributed by atoms with Crippen LogP contribution in [0, 0.1) is 0 Å². The third kappa shape index (κ3) is 3.11. The summed E-state index contributed by atoms with van der Waals surface area (Å²) in [7, 11) is 0. The third-order valence-electron chi connectivity index (χ3n) is 4.17. The third-order valence-corrected chi connectivity index (χ3v) is 4.70. The van der Waals surface area contributed by atoms with Crippen molar-refractivity contribution in [3.8, 4) is 22.5 Å². The zero-order valence-electron chi connectivity index (χ0n) is 13.8. The largest absolute Gasteiger partial charge is 0.268 e. The van der Waals surface area contributed by atoms with E-state index in [1.54, 1.807) is 10.9 Å². The first kappa shape index (κ1) is 16.5. The molecule has 0 atom stereocenters. The van der Waals surface area contributed by atoms with E-state index in [4.69, 9.17) is 0 Å². The molecule has 0 aliphatic carbocycles. The van der Waals surface area contributed by atoms with Gasteiger partial charge in [-0.05, 0) is 24.3 Å². The summed E-state index contributed by atoms with van der Waals surface area (Å²) in [5.74, 6) is -0.106. The average molecular weight is 403 g/mol. The molecule has 126 valence electrons. The number of hydrogen-bond donors (Lipinski definition) is 0. The molecule has 0 bridgehead atoms. The summed E-state index contributed by atoms with van der Waals surface area (Å²) < 4.78 is 2.56. The van der Waals surface area contributed by atoms with Gasteiger partial charge in [0.2, 0.25) is 0 Å². The van der Waals surface area contributed by atoms with Crippen LogP contribution in [0.4, 0.5) is 0 Å². The molecule has 4 rings (SSSR count). The fourth-order valence-corrected chi connectivity index (χ4v) is 3.18. The standard InChI is InChI=1S/C22H15BrN2O/c23-19-13-11-18(12-14-19)22(26)25-15-24-20(16-7-3-1-4-8-16)21(25)17-9-5-2-6-10-17/h1-15H. The summed E-state index contributed by atoms with van der Waals surface area (Å²) in [5.41, 5.74) is 4.14. The van der Waals surface area contributed by atoms with Crippen LogP contribution in [0.5, 0.6) is 0 Å². The monoisotopic (exact) mass is 402 g/mol. The van der Waals surface area contributed by atoms with E-state index in [2.05, 4.69) is 20.9 Å². The minimum absolute atomic E-state index is 0.106. The fourth-order valence-electron chi connectivity index (χ4n) is 2.91. The fraction of sp³-hybridized carbons (Fsp3) is 0. The first-order valence-electron chi connectivity index (χ1n) is 8.22. The van der Waals surface area contributed by atoms with Gasteiger partial charge in [0.25, 0.3) is 5.91 Å². The Labute approximate surface area is 160 Å². The number of imidazole rings is 1. The van der Waals surface area contributed by atoms with Crippen molar-refractivity contribution in [2.24, 2.45) is 0 Å². The molecule has 26 heavy (non-hydrogen) atoms. The number of hydrogen-bond acceptors (Lipinski definition) is 2. The van der Waals surface area contributed by atoms with Crippen LogP contribution in [-0.2, 0) is 0 Å². The van der Waals surface area contributed by atoms with Gasteiger partial charge < -0.3 is 0 Å². The normalized spacial score (nSPS) is 10.7. The molecule has 3 aromatic carbocycles. The maximum absolute atomic E-state index is 13.1. The number of carbonyl (C=O) groups is 1. The number of benzene rings is 3. The molecule has 1 heterocycles. The maximum Gasteiger partial charge on any atom is 0.263 e. The highest BCUT2D eigenvalue weighted by Gasteiger charge is 2.19. The molecular formula is C22H15BrN2O. The van der Waals surface area contributed by atoms with E-state index < -0.39 is 0 Å². The summed E-state index contributed by atoms with van der Waals surface area (Å²) in [6.07, 6.45) is 1.61. The first-order chi connectivity index (χ1) is 12.7. The SMILES string of the molecule is O=C(c1ccc(Br)cc1)n1cnc(-c2ccccc2)c1-c1ccccc1. The van der Waals surface area contributed by atoms with Gasteiger partial charge in [0, 0.05) is 21.2 Å². The summed E-state index contributed by atoms with van der Waals surface area (Å²) in [6, 6.07) is 27.1. The molecule has 0 spiro atoms. The van der Waals surface area contributed by atoms with Crippen molar-refractivity contribution in [2.75, 3.05) is 0 Å². The molecular weight excluding hydrogens is 388 g/mol. The van der Waals surface area contributed by atoms with Gasteiger partial charge in [-0.3, -0.25) is 9.36 Å². The van der Waals surface area contributed by atoms with Crippen LogP contribution in [0.25, 0.3) is 22.5 Å². The van der Waals surface area contributed by atoms with Crippen LogP contribution in [0.2, 0.25) is 0 Å². The lowest BCUT2D eigenvalue weighted by atomic mass is 10.0. The number of rotatable bonds is 3. The van der Waals surface area contributed by atoms with E-state index in [1.807, 2.05) is 84.9 Å². The van der Waals surface area contributed by atoms with Crippen LogP contribution in [0.3, 0.4) is 0 Å². The van der Waals surface area contributed by atoms with Crippen LogP contribution < -0.4 is 0 Å². The smallest absolute Gasteiger partial charge is 0.263 e. The van der Waals surface area contributed by atoms with Crippen LogP contribution >= 0.6 is 15.9 Å². The topological polar surface area (TPSA) is 34.9 Å². The van der Waals surface area contributed by atoms with Gasteiger partial charge >= 0.3 is 0 Å². The second kappa shape index (κ2) is 7.10. The average Bonchev–Trinajstić information content (AvgIpc) is 3.14. The summed E-state index contributed by atoms with van der Waals surface area (Å²) >= 11 is 3.41. The summed E-state index contributed by atoms with van der Waals surface area (Å²) in [4.78, 5) is 17.7. The Balaban J connectivity index is 1.89. The maximum atomic E-state index is 13.1. The van der Waals surface area contributed by atoms with Crippen molar-refractivity contribution < 1.29 is 4.79 Å². The molecule has 0 saturated carbocycles. The molecule has 0 radical (unpaired) electrons. The van der Waals surface area contributed by atoms with Crippen LogP contribution in [0.1, 0.15) is 10.4 Å². The lowest BCUT2D eigenvalue weighted by molar-refractivity contribution is 0.0961. The number of aromatic nitrogens is 2. The molecule has 0 saturated heterocycles. The van der Waals surface area contributed by atoms with Crippen molar-refractivity contribution in [2.45, 2.75) is 0 Å². The highest BCUT2D eigenvalue weighted by molar-refractivity contribution is 9.10. The molecule has 1 aromatic heterocycles. The molecule has 0 amide bonds. The van der Waals surface area contributed by atoms with Gasteiger partial charge in [-0.15, -0.1) is 0 Å². The van der Waals surface area contributed by atoms with Crippen molar-refractivity contribution in [3.63, 3.8) is 0 Å². The Morgan fingerprint density at radius 3 is 1.96 bits per heavy atom. The van der Waals surface area contributed by atoms with E-state index in [1.165, 1.54) is 0 Å². The van der Waals surface area contributed by atoms with Gasteiger partial charge in [-0.1, -0.05) is 76.6 Å². The summed E-state index contributed by atoms with van der Waals surface area (Å²) in [5, 5.41) is 0. The lowest BCUT2D eigenvalue weighted by Crippen LogP contribution is -2.12. The number of nitrogens with zero attached hydrogens (tertiary/aromatic N) is 2. The van der Waals surface area contributed by atoms with Gasteiger partial charge in [0.05, 0.1) is 11.4 Å². The van der Waals surface area contributed by atoms with E-state index in [0.29, 0.717) is 5.56 Å². The number of carbonyl (C=O) groups excluding carboxylic acids is 1. The molecule has 4 heteroatoms. The Bertz CT molecular complexity index is 1040. The van der Waals surface area contributed by atoms with Gasteiger partial charge in [0.1, 0.15) is 6.33 Å². The van der Waals surface area contributed by atoms with E-state index in [0.717, 1.165) is 27.0 Å². The first-order valence-corrected chi connectivity index (χ1v) is 9.02. The molecule has 0 unspecified atom stereocenters. The van der Waals surface area contributed by atoms with Crippen LogP contribution in [0.15, 0.2) is 95.7 Å². The number of halogens is 1. The molecule has 4 aromatic rings. The van der Waals surface area contributed by atoms with Gasteiger partial charge in [-0.25, -0.2) is 4.98 Å². The van der Waals surface area contributed by atoms with Crippen LogP contribution in [-0.4, -0.2) is 15.5 Å². The molecule has 0 aliphatic heterocycles. The molecule has 0 N–H and O–H groups in total. The zero-order valence-corrected chi connectivity index (χ0v) is 15.4. The zero-order chi connectivity index (χ0) is 17.9. The highest BCUT2D eigenvalue weighted by atomic mass is 79.9. The summed E-state index contributed by atoms with van der Waals surface area (Å²) in [6.45, 7) is 0. The second-order valence-electron chi connectivity index (χ2n) is 5.86. The quantitative estimate of drug-likeness (QED) is 0.442. The Morgan fingerprint density at radius 1 is 0.769 bits per heavy atom. The predicted octanol–water partition coefficient (Wildman–Crippen LogP) is 5.67. The molecule has 0 aliphatic rings. The van der Waals surface area contributed by atoms with E-state index >= 15 is 0 Å². The second-order valence-corrected chi connectivity index (χ2v) is 6.77. The Hall–Kier alpha value is -2.98. The highest BCUT2D eigenvalue weighted by Crippen LogP contribution is 2.31. The van der Waals surface area contributed by atoms with E-state index in [-0.39, 0.29) is 5.91 Å². The van der Waals surface area contributed by atoms with Crippen molar-refractivity contribution in [1.82, 2.24) is 9.55 Å². The Kier molecular flexibility index (Phi) is 4.50. The molecule has 3 nitrogen and oxygen atoms in total. The molecule has 0 fully saturated rings. The van der Waals surface area contributed by atoms with Crippen molar-refractivity contribution in [1.29, 1.82) is 0 Å². The van der Waals surface area contributed by atoms with Gasteiger partial charge in [-0.2, -0.15) is 0 Å². The lowest BCUT2D eigenvalue weighted by Gasteiger charge is -2.10.